The molecule has 7 nitrogen and oxygen atoms in total. The van der Waals surface area contributed by atoms with Crippen LogP contribution in [0.2, 0.25) is 0 Å². The maximum absolute atomic E-state index is 13.7. The van der Waals surface area contributed by atoms with Gasteiger partial charge in [0.15, 0.2) is 0 Å². The Kier molecular flexibility index (Phi) is 8.11. The number of urea groups is 1. The van der Waals surface area contributed by atoms with Crippen LogP contribution in [0, 0.1) is 11.7 Å². The van der Waals surface area contributed by atoms with Gasteiger partial charge in [0, 0.05) is 31.6 Å². The fourth-order valence-corrected chi connectivity index (χ4v) is 2.95. The minimum atomic E-state index is -0.740. The van der Waals surface area contributed by atoms with E-state index in [4.69, 9.17) is 0 Å². The van der Waals surface area contributed by atoms with Crippen molar-refractivity contribution in [2.75, 3.05) is 37.8 Å². The third-order valence-corrected chi connectivity index (χ3v) is 4.25. The SMILES string of the molecule is CC(=O)Nc1cc(NC(=O)NCC(CN(C)C)C(O)c2ccccc2)ccc1F. The van der Waals surface area contributed by atoms with E-state index >= 15 is 0 Å². The van der Waals surface area contributed by atoms with Gasteiger partial charge in [-0.15, -0.1) is 0 Å². The van der Waals surface area contributed by atoms with E-state index in [1.165, 1.54) is 19.1 Å². The number of aliphatic hydroxyl groups is 1. The molecule has 2 rings (SSSR count). The number of anilines is 2. The summed E-state index contributed by atoms with van der Waals surface area (Å²) >= 11 is 0. The molecule has 0 spiro atoms. The standard InChI is InChI=1S/C21H27FN4O3/c1-14(27)24-19-11-17(9-10-18(19)22)25-21(29)23-12-16(13-26(2)3)20(28)15-7-5-4-6-8-15/h4-11,16,20,28H,12-13H2,1-3H3,(H,24,27)(H2,23,25,29). The first kappa shape index (κ1) is 22.3. The number of carbonyl (C=O) groups is 2. The highest BCUT2D eigenvalue weighted by molar-refractivity contribution is 5.92. The summed E-state index contributed by atoms with van der Waals surface area (Å²) in [5.41, 5.74) is 1.10. The molecule has 3 amide bonds. The quantitative estimate of drug-likeness (QED) is 0.546. The van der Waals surface area contributed by atoms with E-state index in [9.17, 15) is 19.1 Å². The van der Waals surface area contributed by atoms with Crippen LogP contribution in [-0.2, 0) is 4.79 Å². The molecule has 156 valence electrons. The lowest BCUT2D eigenvalue weighted by Gasteiger charge is -2.26. The first-order valence-corrected chi connectivity index (χ1v) is 9.26. The highest BCUT2D eigenvalue weighted by Gasteiger charge is 2.22. The number of amides is 3. The van der Waals surface area contributed by atoms with Gasteiger partial charge in [-0.05, 0) is 37.9 Å². The summed E-state index contributed by atoms with van der Waals surface area (Å²) < 4.78 is 13.7. The van der Waals surface area contributed by atoms with E-state index in [1.807, 2.05) is 49.3 Å². The zero-order valence-corrected chi connectivity index (χ0v) is 16.8. The largest absolute Gasteiger partial charge is 0.388 e. The van der Waals surface area contributed by atoms with Gasteiger partial charge in [0.05, 0.1) is 11.8 Å². The van der Waals surface area contributed by atoms with Crippen LogP contribution in [0.15, 0.2) is 48.5 Å². The molecule has 0 aliphatic rings. The number of nitrogens with one attached hydrogen (secondary N) is 3. The molecule has 2 unspecified atom stereocenters. The number of rotatable bonds is 8. The average Bonchev–Trinajstić information content (AvgIpc) is 2.67. The molecule has 0 saturated carbocycles. The monoisotopic (exact) mass is 402 g/mol. The van der Waals surface area contributed by atoms with Crippen LogP contribution >= 0.6 is 0 Å². The van der Waals surface area contributed by atoms with Crippen molar-refractivity contribution >= 4 is 23.3 Å². The number of carbonyl (C=O) groups excluding carboxylic acids is 2. The molecule has 0 radical (unpaired) electrons. The maximum atomic E-state index is 13.7. The third kappa shape index (κ3) is 7.17. The Labute approximate surface area is 169 Å². The topological polar surface area (TPSA) is 93.7 Å². The maximum Gasteiger partial charge on any atom is 0.319 e. The minimum Gasteiger partial charge on any atom is -0.388 e. The minimum absolute atomic E-state index is 0.0136. The average molecular weight is 402 g/mol. The van der Waals surface area contributed by atoms with Crippen molar-refractivity contribution < 1.29 is 19.1 Å². The summed E-state index contributed by atoms with van der Waals surface area (Å²) in [6.45, 7) is 2.08. The molecule has 0 saturated heterocycles. The van der Waals surface area contributed by atoms with Crippen LogP contribution < -0.4 is 16.0 Å². The van der Waals surface area contributed by atoms with E-state index in [0.29, 0.717) is 12.2 Å². The van der Waals surface area contributed by atoms with Crippen molar-refractivity contribution in [1.29, 1.82) is 0 Å². The molecule has 0 bridgehead atoms. The van der Waals surface area contributed by atoms with Crippen molar-refractivity contribution in [2.45, 2.75) is 13.0 Å². The third-order valence-electron chi connectivity index (χ3n) is 4.25. The Balaban J connectivity index is 2.00. The summed E-state index contributed by atoms with van der Waals surface area (Å²) in [6.07, 6.45) is -0.740. The second-order valence-corrected chi connectivity index (χ2v) is 7.09. The van der Waals surface area contributed by atoms with Crippen molar-refractivity contribution in [1.82, 2.24) is 10.2 Å². The normalized spacial score (nSPS) is 12.9. The summed E-state index contributed by atoms with van der Waals surface area (Å²) in [6, 6.07) is 12.7. The van der Waals surface area contributed by atoms with Crippen LogP contribution in [0.25, 0.3) is 0 Å². The lowest BCUT2D eigenvalue weighted by atomic mass is 9.95. The second kappa shape index (κ2) is 10.5. The number of halogens is 1. The Morgan fingerprint density at radius 2 is 1.79 bits per heavy atom. The van der Waals surface area contributed by atoms with Crippen LogP contribution in [0.4, 0.5) is 20.6 Å². The highest BCUT2D eigenvalue weighted by atomic mass is 19.1. The van der Waals surface area contributed by atoms with Gasteiger partial charge in [-0.25, -0.2) is 9.18 Å². The molecule has 4 N–H and O–H groups in total. The summed E-state index contributed by atoms with van der Waals surface area (Å²) in [7, 11) is 3.79. The van der Waals surface area contributed by atoms with E-state index in [-0.39, 0.29) is 18.2 Å². The highest BCUT2D eigenvalue weighted by Crippen LogP contribution is 2.22. The second-order valence-electron chi connectivity index (χ2n) is 7.09. The molecule has 29 heavy (non-hydrogen) atoms. The Morgan fingerprint density at radius 3 is 2.41 bits per heavy atom. The van der Waals surface area contributed by atoms with Crippen LogP contribution in [-0.4, -0.2) is 49.1 Å². The lowest BCUT2D eigenvalue weighted by molar-refractivity contribution is -0.114. The molecule has 2 aromatic rings. The van der Waals surface area contributed by atoms with Gasteiger partial charge >= 0.3 is 6.03 Å². The molecule has 0 aromatic heterocycles. The van der Waals surface area contributed by atoms with Crippen LogP contribution in [0.5, 0.6) is 0 Å². The van der Waals surface area contributed by atoms with Gasteiger partial charge in [0.25, 0.3) is 0 Å². The van der Waals surface area contributed by atoms with E-state index < -0.39 is 23.9 Å². The molecule has 0 heterocycles. The Bertz CT molecular complexity index is 830. The lowest BCUT2D eigenvalue weighted by Crippen LogP contribution is -2.39. The number of hydrogen-bond donors (Lipinski definition) is 4. The van der Waals surface area contributed by atoms with Crippen molar-refractivity contribution in [3.63, 3.8) is 0 Å². The van der Waals surface area contributed by atoms with Gasteiger partial charge in [-0.1, -0.05) is 30.3 Å². The van der Waals surface area contributed by atoms with Gasteiger partial charge in [0.1, 0.15) is 5.82 Å². The molecule has 0 aliphatic carbocycles. The Morgan fingerprint density at radius 1 is 1.10 bits per heavy atom. The Hall–Kier alpha value is -2.97. The van der Waals surface area contributed by atoms with E-state index in [1.54, 1.807) is 0 Å². The zero-order chi connectivity index (χ0) is 21.4. The summed E-state index contributed by atoms with van der Waals surface area (Å²) in [5.74, 6) is -1.24. The van der Waals surface area contributed by atoms with E-state index in [2.05, 4.69) is 16.0 Å². The van der Waals surface area contributed by atoms with Crippen molar-refractivity contribution in [3.05, 3.63) is 59.9 Å². The smallest absolute Gasteiger partial charge is 0.319 e. The molecular formula is C21H27FN4O3. The van der Waals surface area contributed by atoms with Gasteiger partial charge in [0.2, 0.25) is 5.91 Å². The van der Waals surface area contributed by atoms with Crippen LogP contribution in [0.1, 0.15) is 18.6 Å². The molecule has 2 aromatic carbocycles. The number of aliphatic hydroxyl groups excluding tert-OH is 1. The van der Waals surface area contributed by atoms with E-state index in [0.717, 1.165) is 11.6 Å². The fraction of sp³-hybridized carbons (Fsp3) is 0.333. The molecule has 0 fully saturated rings. The molecule has 0 aliphatic heterocycles. The molecular weight excluding hydrogens is 375 g/mol. The van der Waals surface area contributed by atoms with Gasteiger partial charge in [-0.3, -0.25) is 4.79 Å². The predicted octanol–water partition coefficient (Wildman–Crippen LogP) is 2.82. The summed E-state index contributed by atoms with van der Waals surface area (Å²) in [5, 5.41) is 18.4. The molecule has 8 heteroatoms. The van der Waals surface area contributed by atoms with Gasteiger partial charge < -0.3 is 26.0 Å². The van der Waals surface area contributed by atoms with Gasteiger partial charge in [-0.2, -0.15) is 0 Å². The number of nitrogens with zero attached hydrogens (tertiary/aromatic N) is 1. The molecule has 2 atom stereocenters. The number of hydrogen-bond acceptors (Lipinski definition) is 4. The number of benzene rings is 2. The van der Waals surface area contributed by atoms with Crippen LogP contribution in [0.3, 0.4) is 0 Å². The van der Waals surface area contributed by atoms with Crippen molar-refractivity contribution in [2.24, 2.45) is 5.92 Å². The summed E-state index contributed by atoms with van der Waals surface area (Å²) in [4.78, 5) is 25.4. The fourth-order valence-electron chi connectivity index (χ4n) is 2.95. The predicted molar refractivity (Wildman–Crippen MR) is 111 cm³/mol. The zero-order valence-electron chi connectivity index (χ0n) is 16.8. The first-order chi connectivity index (χ1) is 13.8. The van der Waals surface area contributed by atoms with Crippen molar-refractivity contribution in [3.8, 4) is 0 Å². The first-order valence-electron chi connectivity index (χ1n) is 9.26.